The quantitative estimate of drug-likeness (QED) is 0.630. The summed E-state index contributed by atoms with van der Waals surface area (Å²) in [6.45, 7) is 1.72. The molecular weight excluding hydrogens is 426 g/mol. The van der Waals surface area contributed by atoms with Gasteiger partial charge in [-0.1, -0.05) is 15.9 Å². The van der Waals surface area contributed by atoms with Gasteiger partial charge in [0.1, 0.15) is 18.0 Å². The van der Waals surface area contributed by atoms with Crippen molar-refractivity contribution in [3.8, 4) is 11.5 Å². The molecule has 1 unspecified atom stereocenters. The van der Waals surface area contributed by atoms with E-state index in [1.807, 2.05) is 19.1 Å². The predicted octanol–water partition coefficient (Wildman–Crippen LogP) is 3.05. The van der Waals surface area contributed by atoms with Crippen LogP contribution in [0.2, 0.25) is 0 Å². The standard InChI is InChI=1S/C20H20BrN3O4/c1-12(15-6-5-14(27-2)9-18(15)28-3)23-19(25)10-24-11-22-17-7-4-13(21)8-16(17)20(24)26/h4-9,11-12H,10H2,1-3H3,(H,23,25). The van der Waals surface area contributed by atoms with Crippen molar-refractivity contribution in [1.29, 1.82) is 0 Å². The molecule has 0 aliphatic rings. The summed E-state index contributed by atoms with van der Waals surface area (Å²) in [4.78, 5) is 29.4. The van der Waals surface area contributed by atoms with Crippen LogP contribution in [0.4, 0.5) is 0 Å². The lowest BCUT2D eigenvalue weighted by Crippen LogP contribution is -2.34. The summed E-state index contributed by atoms with van der Waals surface area (Å²) >= 11 is 3.35. The molecule has 28 heavy (non-hydrogen) atoms. The zero-order valence-corrected chi connectivity index (χ0v) is 17.3. The van der Waals surface area contributed by atoms with Gasteiger partial charge in [0.25, 0.3) is 5.56 Å². The van der Waals surface area contributed by atoms with Gasteiger partial charge in [-0.25, -0.2) is 4.98 Å². The maximum Gasteiger partial charge on any atom is 0.261 e. The molecule has 1 heterocycles. The first kappa shape index (κ1) is 19.9. The number of fused-ring (bicyclic) bond motifs is 1. The average Bonchev–Trinajstić information content (AvgIpc) is 2.69. The Morgan fingerprint density at radius 3 is 2.71 bits per heavy atom. The molecule has 3 rings (SSSR count). The van der Waals surface area contributed by atoms with Crippen molar-refractivity contribution < 1.29 is 14.3 Å². The van der Waals surface area contributed by atoms with Crippen molar-refractivity contribution in [2.45, 2.75) is 19.5 Å². The van der Waals surface area contributed by atoms with Crippen molar-refractivity contribution in [3.05, 3.63) is 63.1 Å². The van der Waals surface area contributed by atoms with Crippen LogP contribution >= 0.6 is 15.9 Å². The lowest BCUT2D eigenvalue weighted by Gasteiger charge is -2.18. The molecule has 0 saturated heterocycles. The number of carbonyl (C=O) groups is 1. The van der Waals surface area contributed by atoms with Crippen LogP contribution in [0.25, 0.3) is 10.9 Å². The number of carbonyl (C=O) groups excluding carboxylic acids is 1. The lowest BCUT2D eigenvalue weighted by atomic mass is 10.1. The normalized spacial score (nSPS) is 11.9. The molecule has 0 saturated carbocycles. The fraction of sp³-hybridized carbons (Fsp3) is 0.250. The van der Waals surface area contributed by atoms with Gasteiger partial charge in [-0.2, -0.15) is 0 Å². The molecular formula is C20H20BrN3O4. The molecule has 0 radical (unpaired) electrons. The highest BCUT2D eigenvalue weighted by Crippen LogP contribution is 2.29. The summed E-state index contributed by atoms with van der Waals surface area (Å²) in [7, 11) is 3.14. The number of aromatic nitrogens is 2. The Morgan fingerprint density at radius 2 is 2.00 bits per heavy atom. The monoisotopic (exact) mass is 445 g/mol. The Morgan fingerprint density at radius 1 is 1.21 bits per heavy atom. The molecule has 3 aromatic rings. The third-order valence-electron chi connectivity index (χ3n) is 4.38. The maximum absolute atomic E-state index is 12.6. The van der Waals surface area contributed by atoms with Crippen LogP contribution in [0.15, 0.2) is 52.0 Å². The molecule has 1 N–H and O–H groups in total. The fourth-order valence-corrected chi connectivity index (χ4v) is 3.30. The van der Waals surface area contributed by atoms with Gasteiger partial charge in [0.2, 0.25) is 5.91 Å². The number of nitrogens with zero attached hydrogens (tertiary/aromatic N) is 2. The Balaban J connectivity index is 1.78. The van der Waals surface area contributed by atoms with Crippen molar-refractivity contribution in [1.82, 2.24) is 14.9 Å². The third kappa shape index (κ3) is 4.17. The number of amides is 1. The average molecular weight is 446 g/mol. The topological polar surface area (TPSA) is 82.5 Å². The maximum atomic E-state index is 12.6. The first-order valence-corrected chi connectivity index (χ1v) is 9.38. The number of benzene rings is 2. The van der Waals surface area contributed by atoms with Crippen molar-refractivity contribution in [2.24, 2.45) is 0 Å². The molecule has 2 aromatic carbocycles. The van der Waals surface area contributed by atoms with Gasteiger partial charge in [-0.15, -0.1) is 0 Å². The zero-order valence-electron chi connectivity index (χ0n) is 15.7. The van der Waals surface area contributed by atoms with Gasteiger partial charge in [-0.3, -0.25) is 14.2 Å². The Hall–Kier alpha value is -2.87. The largest absolute Gasteiger partial charge is 0.497 e. The summed E-state index contributed by atoms with van der Waals surface area (Å²) in [5.74, 6) is 0.976. The summed E-state index contributed by atoms with van der Waals surface area (Å²) in [6.07, 6.45) is 1.39. The summed E-state index contributed by atoms with van der Waals surface area (Å²) in [5, 5.41) is 3.34. The second kappa shape index (κ2) is 8.43. The van der Waals surface area contributed by atoms with E-state index in [-0.39, 0.29) is 24.1 Å². The first-order valence-electron chi connectivity index (χ1n) is 8.59. The fourth-order valence-electron chi connectivity index (χ4n) is 2.94. The van der Waals surface area contributed by atoms with E-state index in [0.717, 1.165) is 10.0 Å². The summed E-state index contributed by atoms with van der Waals surface area (Å²) < 4.78 is 12.7. The van der Waals surface area contributed by atoms with Crippen LogP contribution in [0.1, 0.15) is 18.5 Å². The second-order valence-corrected chi connectivity index (χ2v) is 7.15. The highest BCUT2D eigenvalue weighted by Gasteiger charge is 2.16. The minimum absolute atomic E-state index is 0.128. The number of hydrogen-bond acceptors (Lipinski definition) is 5. The minimum atomic E-state index is -0.313. The number of hydrogen-bond donors (Lipinski definition) is 1. The minimum Gasteiger partial charge on any atom is -0.497 e. The van der Waals surface area contributed by atoms with Gasteiger partial charge < -0.3 is 14.8 Å². The highest BCUT2D eigenvalue weighted by atomic mass is 79.9. The van der Waals surface area contributed by atoms with Crippen LogP contribution < -0.4 is 20.3 Å². The Bertz CT molecular complexity index is 1080. The van der Waals surface area contributed by atoms with Crippen LogP contribution in [-0.2, 0) is 11.3 Å². The van der Waals surface area contributed by atoms with Crippen molar-refractivity contribution in [2.75, 3.05) is 14.2 Å². The number of ether oxygens (including phenoxy) is 2. The summed E-state index contributed by atoms with van der Waals surface area (Å²) in [5.41, 5.74) is 1.13. The molecule has 0 spiro atoms. The Labute approximate surface area is 170 Å². The molecule has 146 valence electrons. The summed E-state index contributed by atoms with van der Waals surface area (Å²) in [6, 6.07) is 10.3. The molecule has 1 aromatic heterocycles. The van der Waals surface area contributed by atoms with Crippen LogP contribution in [-0.4, -0.2) is 29.7 Å². The van der Waals surface area contributed by atoms with E-state index < -0.39 is 0 Å². The molecule has 1 atom stereocenters. The van der Waals surface area contributed by atoms with Gasteiger partial charge in [0.15, 0.2) is 0 Å². The number of rotatable bonds is 6. The van der Waals surface area contributed by atoms with Crippen molar-refractivity contribution >= 4 is 32.7 Å². The van der Waals surface area contributed by atoms with Crippen LogP contribution in [0.3, 0.4) is 0 Å². The number of nitrogens with one attached hydrogen (secondary N) is 1. The predicted molar refractivity (Wildman–Crippen MR) is 110 cm³/mol. The van der Waals surface area contributed by atoms with E-state index >= 15 is 0 Å². The molecule has 0 bridgehead atoms. The van der Waals surface area contributed by atoms with E-state index in [0.29, 0.717) is 22.4 Å². The van der Waals surface area contributed by atoms with E-state index in [9.17, 15) is 9.59 Å². The molecule has 1 amide bonds. The second-order valence-electron chi connectivity index (χ2n) is 6.24. The van der Waals surface area contributed by atoms with E-state index in [1.165, 1.54) is 10.9 Å². The molecule has 0 aliphatic heterocycles. The molecule has 0 fully saturated rings. The molecule has 8 heteroatoms. The van der Waals surface area contributed by atoms with Crippen LogP contribution in [0.5, 0.6) is 11.5 Å². The van der Waals surface area contributed by atoms with Gasteiger partial charge >= 0.3 is 0 Å². The van der Waals surface area contributed by atoms with Gasteiger partial charge in [-0.05, 0) is 37.3 Å². The third-order valence-corrected chi connectivity index (χ3v) is 4.88. The van der Waals surface area contributed by atoms with Crippen LogP contribution in [0, 0.1) is 0 Å². The van der Waals surface area contributed by atoms with Gasteiger partial charge in [0, 0.05) is 16.1 Å². The Kier molecular flexibility index (Phi) is 5.99. The van der Waals surface area contributed by atoms with E-state index in [2.05, 4.69) is 26.2 Å². The first-order chi connectivity index (χ1) is 13.4. The van der Waals surface area contributed by atoms with E-state index in [1.54, 1.807) is 38.5 Å². The number of methoxy groups -OCH3 is 2. The molecule has 7 nitrogen and oxygen atoms in total. The van der Waals surface area contributed by atoms with Crippen molar-refractivity contribution in [3.63, 3.8) is 0 Å². The lowest BCUT2D eigenvalue weighted by molar-refractivity contribution is -0.122. The van der Waals surface area contributed by atoms with Gasteiger partial charge in [0.05, 0.1) is 37.5 Å². The SMILES string of the molecule is COc1ccc(C(C)NC(=O)Cn2cnc3ccc(Br)cc3c2=O)c(OC)c1. The smallest absolute Gasteiger partial charge is 0.261 e. The zero-order chi connectivity index (χ0) is 20.3. The van der Waals surface area contributed by atoms with E-state index in [4.69, 9.17) is 9.47 Å². The molecule has 0 aliphatic carbocycles. The highest BCUT2D eigenvalue weighted by molar-refractivity contribution is 9.10. The number of halogens is 1.